The van der Waals surface area contributed by atoms with E-state index in [0.29, 0.717) is 5.92 Å². The normalized spacial score (nSPS) is 13.3. The summed E-state index contributed by atoms with van der Waals surface area (Å²) in [6, 6.07) is 3.94. The Morgan fingerprint density at radius 3 is 2.50 bits per heavy atom. The van der Waals surface area contributed by atoms with E-state index in [1.54, 1.807) is 0 Å². The van der Waals surface area contributed by atoms with Gasteiger partial charge in [0.1, 0.15) is 4.64 Å². The molecule has 1 aromatic heterocycles. The van der Waals surface area contributed by atoms with Crippen LogP contribution in [-0.2, 0) is 0 Å². The zero-order valence-electron chi connectivity index (χ0n) is 7.37. The SMILES string of the molecule is CC(C)[C@@H](N)c1ccc(=S)[nH]c1. The molecule has 0 saturated heterocycles. The fourth-order valence-electron chi connectivity index (χ4n) is 1.01. The Bertz CT molecular complexity index is 283. The average Bonchev–Trinajstić information content (AvgIpc) is 2.04. The van der Waals surface area contributed by atoms with Crippen LogP contribution in [0.25, 0.3) is 0 Å². The zero-order valence-corrected chi connectivity index (χ0v) is 8.19. The highest BCUT2D eigenvalue weighted by molar-refractivity contribution is 7.71. The zero-order chi connectivity index (χ0) is 9.14. The van der Waals surface area contributed by atoms with Crippen molar-refractivity contribution in [3.8, 4) is 0 Å². The molecule has 1 heterocycles. The molecule has 0 unspecified atom stereocenters. The van der Waals surface area contributed by atoms with Crippen LogP contribution in [0.5, 0.6) is 0 Å². The van der Waals surface area contributed by atoms with E-state index < -0.39 is 0 Å². The lowest BCUT2D eigenvalue weighted by Gasteiger charge is -2.15. The Morgan fingerprint density at radius 2 is 2.08 bits per heavy atom. The van der Waals surface area contributed by atoms with Crippen LogP contribution in [0.15, 0.2) is 18.3 Å². The summed E-state index contributed by atoms with van der Waals surface area (Å²) in [7, 11) is 0. The molecule has 1 atom stereocenters. The first kappa shape index (κ1) is 9.42. The third kappa shape index (κ3) is 2.16. The second-order valence-corrected chi connectivity index (χ2v) is 3.70. The quantitative estimate of drug-likeness (QED) is 0.690. The molecular formula is C9H14N2S. The van der Waals surface area contributed by atoms with Gasteiger partial charge in [0.15, 0.2) is 0 Å². The molecule has 0 aliphatic heterocycles. The molecule has 0 fully saturated rings. The van der Waals surface area contributed by atoms with Gasteiger partial charge in [0.05, 0.1) is 0 Å². The molecule has 3 heteroatoms. The second-order valence-electron chi connectivity index (χ2n) is 3.26. The highest BCUT2D eigenvalue weighted by Gasteiger charge is 2.08. The largest absolute Gasteiger partial charge is 0.353 e. The number of aromatic nitrogens is 1. The van der Waals surface area contributed by atoms with Gasteiger partial charge in [-0.05, 0) is 17.5 Å². The smallest absolute Gasteiger partial charge is 0.103 e. The molecule has 0 aliphatic carbocycles. The fraction of sp³-hybridized carbons (Fsp3) is 0.444. The van der Waals surface area contributed by atoms with Crippen molar-refractivity contribution in [1.82, 2.24) is 4.98 Å². The van der Waals surface area contributed by atoms with E-state index in [4.69, 9.17) is 18.0 Å². The Labute approximate surface area is 77.8 Å². The van der Waals surface area contributed by atoms with Gasteiger partial charge < -0.3 is 10.7 Å². The number of nitrogens with one attached hydrogen (secondary N) is 1. The maximum absolute atomic E-state index is 5.93. The molecule has 3 N–H and O–H groups in total. The summed E-state index contributed by atoms with van der Waals surface area (Å²) in [5, 5.41) is 0. The number of nitrogens with two attached hydrogens (primary N) is 1. The van der Waals surface area contributed by atoms with Crippen molar-refractivity contribution in [2.45, 2.75) is 19.9 Å². The molecule has 1 rings (SSSR count). The van der Waals surface area contributed by atoms with Crippen LogP contribution in [0.2, 0.25) is 0 Å². The van der Waals surface area contributed by atoms with Crippen molar-refractivity contribution >= 4 is 12.2 Å². The monoisotopic (exact) mass is 182 g/mol. The average molecular weight is 182 g/mol. The summed E-state index contributed by atoms with van der Waals surface area (Å²) in [4.78, 5) is 2.97. The Balaban J connectivity index is 2.89. The van der Waals surface area contributed by atoms with Gasteiger partial charge in [-0.25, -0.2) is 0 Å². The summed E-state index contributed by atoms with van der Waals surface area (Å²) in [5.74, 6) is 0.453. The molecule has 0 spiro atoms. The minimum atomic E-state index is 0.0943. The van der Waals surface area contributed by atoms with Crippen molar-refractivity contribution in [1.29, 1.82) is 0 Å². The molecular weight excluding hydrogens is 168 g/mol. The van der Waals surface area contributed by atoms with Crippen LogP contribution < -0.4 is 5.73 Å². The van der Waals surface area contributed by atoms with Gasteiger partial charge in [0, 0.05) is 12.2 Å². The summed E-state index contributed by atoms with van der Waals surface area (Å²) >= 11 is 4.93. The maximum Gasteiger partial charge on any atom is 0.103 e. The van der Waals surface area contributed by atoms with Gasteiger partial charge >= 0.3 is 0 Å². The Hall–Kier alpha value is -0.670. The topological polar surface area (TPSA) is 41.8 Å². The summed E-state index contributed by atoms with van der Waals surface area (Å²) in [6.07, 6.45) is 1.88. The van der Waals surface area contributed by atoms with Gasteiger partial charge in [-0.2, -0.15) is 0 Å². The molecule has 2 nitrogen and oxygen atoms in total. The minimum Gasteiger partial charge on any atom is -0.353 e. The second kappa shape index (κ2) is 3.83. The van der Waals surface area contributed by atoms with Crippen LogP contribution in [-0.4, -0.2) is 4.98 Å². The third-order valence-corrected chi connectivity index (χ3v) is 2.17. The molecule has 0 bridgehead atoms. The molecule has 12 heavy (non-hydrogen) atoms. The van der Waals surface area contributed by atoms with Gasteiger partial charge in [-0.1, -0.05) is 32.1 Å². The van der Waals surface area contributed by atoms with Crippen molar-refractivity contribution < 1.29 is 0 Å². The maximum atomic E-state index is 5.93. The van der Waals surface area contributed by atoms with Crippen LogP contribution in [0.1, 0.15) is 25.5 Å². The number of rotatable bonds is 2. The van der Waals surface area contributed by atoms with Gasteiger partial charge in [-0.3, -0.25) is 0 Å². The van der Waals surface area contributed by atoms with E-state index in [0.717, 1.165) is 10.2 Å². The Morgan fingerprint density at radius 1 is 1.42 bits per heavy atom. The summed E-state index contributed by atoms with van der Waals surface area (Å²) in [6.45, 7) is 4.21. The van der Waals surface area contributed by atoms with Crippen LogP contribution in [0.4, 0.5) is 0 Å². The van der Waals surface area contributed by atoms with E-state index in [9.17, 15) is 0 Å². The van der Waals surface area contributed by atoms with E-state index in [1.807, 2.05) is 18.3 Å². The minimum absolute atomic E-state index is 0.0943. The highest BCUT2D eigenvalue weighted by Crippen LogP contribution is 2.16. The first-order chi connectivity index (χ1) is 5.61. The van der Waals surface area contributed by atoms with E-state index in [2.05, 4.69) is 18.8 Å². The predicted molar refractivity (Wildman–Crippen MR) is 53.4 cm³/mol. The van der Waals surface area contributed by atoms with Crippen molar-refractivity contribution in [3.63, 3.8) is 0 Å². The van der Waals surface area contributed by atoms with Crippen LogP contribution in [0.3, 0.4) is 0 Å². The molecule has 0 radical (unpaired) electrons. The number of aromatic amines is 1. The number of pyridine rings is 1. The molecule has 1 aromatic rings. The van der Waals surface area contributed by atoms with Crippen molar-refractivity contribution in [3.05, 3.63) is 28.5 Å². The third-order valence-electron chi connectivity index (χ3n) is 1.91. The molecule has 66 valence electrons. The lowest BCUT2D eigenvalue weighted by molar-refractivity contribution is 0.513. The molecule has 0 saturated carbocycles. The molecule has 0 amide bonds. The predicted octanol–water partition coefficient (Wildman–Crippen LogP) is 2.40. The lowest BCUT2D eigenvalue weighted by atomic mass is 9.99. The van der Waals surface area contributed by atoms with Gasteiger partial charge in [0.25, 0.3) is 0 Å². The van der Waals surface area contributed by atoms with Crippen LogP contribution >= 0.6 is 12.2 Å². The van der Waals surface area contributed by atoms with E-state index >= 15 is 0 Å². The van der Waals surface area contributed by atoms with E-state index in [-0.39, 0.29) is 6.04 Å². The summed E-state index contributed by atoms with van der Waals surface area (Å²) in [5.41, 5.74) is 7.04. The van der Waals surface area contributed by atoms with Crippen molar-refractivity contribution in [2.75, 3.05) is 0 Å². The van der Waals surface area contributed by atoms with Crippen LogP contribution in [0, 0.1) is 10.6 Å². The first-order valence-electron chi connectivity index (χ1n) is 4.05. The molecule has 0 aromatic carbocycles. The standard InChI is InChI=1S/C9H14N2S/c1-6(2)9(10)7-3-4-8(12)11-5-7/h3-6,9H,10H2,1-2H3,(H,11,12)/t9-/m1/s1. The number of hydrogen-bond acceptors (Lipinski definition) is 2. The summed E-state index contributed by atoms with van der Waals surface area (Å²) < 4.78 is 0.745. The first-order valence-corrected chi connectivity index (χ1v) is 4.46. The van der Waals surface area contributed by atoms with Gasteiger partial charge in [0.2, 0.25) is 0 Å². The molecule has 0 aliphatic rings. The number of H-pyrrole nitrogens is 1. The van der Waals surface area contributed by atoms with E-state index in [1.165, 1.54) is 0 Å². The van der Waals surface area contributed by atoms with Crippen molar-refractivity contribution in [2.24, 2.45) is 11.7 Å². The van der Waals surface area contributed by atoms with Gasteiger partial charge in [-0.15, -0.1) is 0 Å². The fourth-order valence-corrected chi connectivity index (χ4v) is 1.14. The lowest BCUT2D eigenvalue weighted by Crippen LogP contribution is -2.16. The Kier molecular flexibility index (Phi) is 3.00. The number of hydrogen-bond donors (Lipinski definition) is 2. The highest BCUT2D eigenvalue weighted by atomic mass is 32.1.